The van der Waals surface area contributed by atoms with Gasteiger partial charge in [0.05, 0.1) is 7.11 Å². The van der Waals surface area contributed by atoms with Crippen LogP contribution in [-0.4, -0.2) is 25.1 Å². The van der Waals surface area contributed by atoms with Gasteiger partial charge in [-0.05, 0) is 29.8 Å². The lowest BCUT2D eigenvalue weighted by Gasteiger charge is -2.19. The number of benzene rings is 2. The van der Waals surface area contributed by atoms with Gasteiger partial charge < -0.3 is 9.30 Å². The van der Waals surface area contributed by atoms with E-state index in [9.17, 15) is 17.2 Å². The molecular weight excluding hydrogens is 376 g/mol. The van der Waals surface area contributed by atoms with Gasteiger partial charge in [-0.3, -0.25) is 0 Å². The van der Waals surface area contributed by atoms with Gasteiger partial charge in [-0.15, -0.1) is 0 Å². The molecule has 0 aliphatic carbocycles. The molecule has 3 aromatic rings. The second-order valence-corrected chi connectivity index (χ2v) is 7.48. The number of halogens is 2. The fourth-order valence-electron chi connectivity index (χ4n) is 2.63. The van der Waals surface area contributed by atoms with Gasteiger partial charge in [-0.1, -0.05) is 12.1 Å². The Morgan fingerprint density at radius 3 is 2.41 bits per heavy atom. The van der Waals surface area contributed by atoms with E-state index >= 15 is 0 Å². The molecule has 1 aromatic heterocycles. The lowest BCUT2D eigenvalue weighted by Crippen LogP contribution is -2.31. The second-order valence-electron chi connectivity index (χ2n) is 5.80. The van der Waals surface area contributed by atoms with E-state index in [2.05, 4.69) is 9.71 Å². The predicted molar refractivity (Wildman–Crippen MR) is 94.7 cm³/mol. The number of hydrogen-bond acceptors (Lipinski definition) is 4. The first-order valence-electron chi connectivity index (χ1n) is 7.90. The number of imidazole rings is 1. The Morgan fingerprint density at radius 2 is 1.85 bits per heavy atom. The number of nitrogens with zero attached hydrogens (tertiary/aromatic N) is 2. The molecule has 0 spiro atoms. The molecule has 2 aromatic carbocycles. The maximum absolute atomic E-state index is 14.0. The van der Waals surface area contributed by atoms with E-state index in [1.165, 1.54) is 13.3 Å². The molecule has 9 heteroatoms. The Morgan fingerprint density at radius 1 is 1.15 bits per heavy atom. The SMILES string of the molecule is COc1ccc(C(NS(=O)(=O)c2ccc(F)cc2F)c2nccn2C)cc1. The van der Waals surface area contributed by atoms with E-state index in [0.29, 0.717) is 23.2 Å². The topological polar surface area (TPSA) is 73.2 Å². The number of nitrogens with one attached hydrogen (secondary N) is 1. The van der Waals surface area contributed by atoms with Gasteiger partial charge in [0.15, 0.2) is 0 Å². The summed E-state index contributed by atoms with van der Waals surface area (Å²) in [6, 6.07) is 8.14. The van der Waals surface area contributed by atoms with Gasteiger partial charge >= 0.3 is 0 Å². The number of aryl methyl sites for hydroxylation is 1. The van der Waals surface area contributed by atoms with Crippen molar-refractivity contribution in [3.05, 3.63) is 77.9 Å². The van der Waals surface area contributed by atoms with E-state index < -0.39 is 32.6 Å². The van der Waals surface area contributed by atoms with Gasteiger partial charge in [0, 0.05) is 25.5 Å². The van der Waals surface area contributed by atoms with E-state index in [4.69, 9.17) is 4.74 Å². The molecule has 142 valence electrons. The van der Waals surface area contributed by atoms with Crippen molar-refractivity contribution in [1.29, 1.82) is 0 Å². The zero-order valence-corrected chi connectivity index (χ0v) is 15.4. The van der Waals surface area contributed by atoms with Crippen LogP contribution in [-0.2, 0) is 17.1 Å². The van der Waals surface area contributed by atoms with Crippen molar-refractivity contribution in [1.82, 2.24) is 14.3 Å². The first kappa shape index (κ1) is 19.0. The molecule has 0 saturated heterocycles. The highest BCUT2D eigenvalue weighted by molar-refractivity contribution is 7.89. The van der Waals surface area contributed by atoms with Crippen molar-refractivity contribution in [2.45, 2.75) is 10.9 Å². The van der Waals surface area contributed by atoms with Gasteiger partial charge in [0.25, 0.3) is 0 Å². The maximum atomic E-state index is 14.0. The van der Waals surface area contributed by atoms with E-state index in [1.54, 1.807) is 42.1 Å². The number of ether oxygens (including phenoxy) is 1. The number of aromatic nitrogens is 2. The monoisotopic (exact) mass is 393 g/mol. The largest absolute Gasteiger partial charge is 0.497 e. The summed E-state index contributed by atoms with van der Waals surface area (Å²) >= 11 is 0. The predicted octanol–water partition coefficient (Wildman–Crippen LogP) is 2.77. The van der Waals surface area contributed by atoms with Crippen LogP contribution in [0.3, 0.4) is 0 Å². The fourth-order valence-corrected chi connectivity index (χ4v) is 3.87. The Labute approximate surface area is 155 Å². The molecule has 27 heavy (non-hydrogen) atoms. The van der Waals surface area contributed by atoms with Crippen molar-refractivity contribution in [2.24, 2.45) is 7.05 Å². The number of methoxy groups -OCH3 is 1. The zero-order valence-electron chi connectivity index (χ0n) is 14.6. The Bertz CT molecular complexity index is 1050. The van der Waals surface area contributed by atoms with Crippen LogP contribution in [0.25, 0.3) is 0 Å². The number of sulfonamides is 1. The van der Waals surface area contributed by atoms with Crippen molar-refractivity contribution >= 4 is 10.0 Å². The molecule has 1 heterocycles. The third kappa shape index (κ3) is 3.99. The molecule has 1 N–H and O–H groups in total. The summed E-state index contributed by atoms with van der Waals surface area (Å²) in [5.74, 6) is -1.02. The molecule has 3 rings (SSSR count). The third-order valence-electron chi connectivity index (χ3n) is 4.02. The van der Waals surface area contributed by atoms with Crippen molar-refractivity contribution in [3.63, 3.8) is 0 Å². The van der Waals surface area contributed by atoms with Crippen LogP contribution >= 0.6 is 0 Å². The summed E-state index contributed by atoms with van der Waals surface area (Å²) in [4.78, 5) is 3.56. The van der Waals surface area contributed by atoms with Crippen LogP contribution in [0.4, 0.5) is 8.78 Å². The smallest absolute Gasteiger partial charge is 0.244 e. The summed E-state index contributed by atoms with van der Waals surface area (Å²) in [5, 5.41) is 0. The van der Waals surface area contributed by atoms with Crippen LogP contribution in [0.2, 0.25) is 0 Å². The van der Waals surface area contributed by atoms with Gasteiger partial charge in [-0.25, -0.2) is 22.2 Å². The lowest BCUT2D eigenvalue weighted by molar-refractivity contribution is 0.414. The average Bonchev–Trinajstić information content (AvgIpc) is 3.05. The van der Waals surface area contributed by atoms with E-state index in [0.717, 1.165) is 12.1 Å². The minimum Gasteiger partial charge on any atom is -0.497 e. The fraction of sp³-hybridized carbons (Fsp3) is 0.167. The van der Waals surface area contributed by atoms with Crippen LogP contribution in [0, 0.1) is 11.6 Å². The van der Waals surface area contributed by atoms with Gasteiger partial charge in [-0.2, -0.15) is 4.72 Å². The molecule has 1 atom stereocenters. The number of rotatable bonds is 6. The molecule has 0 saturated carbocycles. The first-order chi connectivity index (χ1) is 12.8. The molecule has 0 radical (unpaired) electrons. The molecule has 0 fully saturated rings. The molecule has 0 amide bonds. The second kappa shape index (κ2) is 7.45. The number of hydrogen-bond donors (Lipinski definition) is 1. The zero-order chi connectivity index (χ0) is 19.6. The highest BCUT2D eigenvalue weighted by Gasteiger charge is 2.28. The van der Waals surface area contributed by atoms with E-state index in [-0.39, 0.29) is 0 Å². The highest BCUT2D eigenvalue weighted by atomic mass is 32.2. The molecule has 1 unspecified atom stereocenters. The molecule has 0 aliphatic rings. The van der Waals surface area contributed by atoms with Gasteiger partial charge in [0.2, 0.25) is 10.0 Å². The highest BCUT2D eigenvalue weighted by Crippen LogP contribution is 2.26. The molecular formula is C18H17F2N3O3S. The Balaban J connectivity index is 2.04. The summed E-state index contributed by atoms with van der Waals surface area (Å²) in [7, 11) is -1.06. The van der Waals surface area contributed by atoms with Crippen LogP contribution in [0.5, 0.6) is 5.75 Å². The molecule has 0 aliphatic heterocycles. The summed E-state index contributed by atoms with van der Waals surface area (Å²) in [5.41, 5.74) is 0.580. The summed E-state index contributed by atoms with van der Waals surface area (Å²) in [6.45, 7) is 0. The van der Waals surface area contributed by atoms with Gasteiger partial charge in [0.1, 0.15) is 34.1 Å². The summed E-state index contributed by atoms with van der Waals surface area (Å²) in [6.07, 6.45) is 3.19. The molecule has 6 nitrogen and oxygen atoms in total. The maximum Gasteiger partial charge on any atom is 0.244 e. The standard InChI is InChI=1S/C18H17F2N3O3S/c1-23-10-9-21-18(23)17(12-3-6-14(26-2)7-4-12)22-27(24,25)16-8-5-13(19)11-15(16)20/h3-11,17,22H,1-2H3. The quantitative estimate of drug-likeness (QED) is 0.699. The third-order valence-corrected chi connectivity index (χ3v) is 5.48. The minimum absolute atomic E-state index is 0.409. The van der Waals surface area contributed by atoms with Crippen LogP contribution in [0.15, 0.2) is 59.8 Å². The molecule has 0 bridgehead atoms. The lowest BCUT2D eigenvalue weighted by atomic mass is 10.1. The van der Waals surface area contributed by atoms with Crippen molar-refractivity contribution < 1.29 is 21.9 Å². The summed E-state index contributed by atoms with van der Waals surface area (Å²) < 4.78 is 61.9. The Kier molecular flexibility index (Phi) is 5.24. The Hall–Kier alpha value is -2.78. The normalized spacial score (nSPS) is 12.7. The average molecular weight is 393 g/mol. The minimum atomic E-state index is -4.29. The van der Waals surface area contributed by atoms with Crippen LogP contribution in [0.1, 0.15) is 17.4 Å². The van der Waals surface area contributed by atoms with Crippen molar-refractivity contribution in [2.75, 3.05) is 7.11 Å². The first-order valence-corrected chi connectivity index (χ1v) is 9.38. The van der Waals surface area contributed by atoms with Crippen LogP contribution < -0.4 is 9.46 Å². The van der Waals surface area contributed by atoms with Crippen molar-refractivity contribution in [3.8, 4) is 5.75 Å². The van der Waals surface area contributed by atoms with E-state index in [1.807, 2.05) is 0 Å².